The van der Waals surface area contributed by atoms with E-state index in [2.05, 4.69) is 10.1 Å². The zero-order valence-corrected chi connectivity index (χ0v) is 20.2. The van der Waals surface area contributed by atoms with Gasteiger partial charge in [-0.2, -0.15) is 8.78 Å². The highest BCUT2D eigenvalue weighted by Gasteiger charge is 2.48. The lowest BCUT2D eigenvalue weighted by Gasteiger charge is -2.54. The highest BCUT2D eigenvalue weighted by atomic mass is 19.3. The highest BCUT2D eigenvalue weighted by molar-refractivity contribution is 6.06. The third kappa shape index (κ3) is 4.59. The first-order valence-corrected chi connectivity index (χ1v) is 12.6. The van der Waals surface area contributed by atoms with Crippen molar-refractivity contribution in [3.05, 3.63) is 89.9 Å². The van der Waals surface area contributed by atoms with Crippen LogP contribution in [0.2, 0.25) is 0 Å². The molecule has 4 aromatic rings. The van der Waals surface area contributed by atoms with Gasteiger partial charge in [0.25, 0.3) is 5.91 Å². The summed E-state index contributed by atoms with van der Waals surface area (Å²) in [5, 5.41) is 3.58. The molecule has 0 saturated heterocycles. The smallest absolute Gasteiger partial charge is 0.387 e. The lowest BCUT2D eigenvalue weighted by atomic mass is 9.54. The molecular weight excluding hydrogens is 477 g/mol. The van der Waals surface area contributed by atoms with E-state index in [0.717, 1.165) is 29.5 Å². The van der Waals surface area contributed by atoms with Gasteiger partial charge in [0, 0.05) is 24.2 Å². The Morgan fingerprint density at radius 3 is 2.51 bits per heavy atom. The molecule has 2 saturated carbocycles. The van der Waals surface area contributed by atoms with Gasteiger partial charge in [0.2, 0.25) is 0 Å². The second kappa shape index (κ2) is 9.29. The molecule has 1 N–H and O–H groups in total. The number of nitrogens with one attached hydrogen (secondary N) is 1. The lowest BCUT2D eigenvalue weighted by molar-refractivity contribution is -0.0498. The Kier molecular flexibility index (Phi) is 5.94. The van der Waals surface area contributed by atoms with Crippen LogP contribution in [-0.2, 0) is 6.54 Å². The molecule has 3 aromatic carbocycles. The molecule has 2 aliphatic rings. The van der Waals surface area contributed by atoms with Gasteiger partial charge in [-0.05, 0) is 78.1 Å². The van der Waals surface area contributed by atoms with Crippen LogP contribution >= 0.6 is 0 Å². The molecule has 4 nitrogen and oxygen atoms in total. The number of alkyl halides is 2. The largest absolute Gasteiger partial charge is 0.435 e. The van der Waals surface area contributed by atoms with E-state index in [-0.39, 0.29) is 23.5 Å². The third-order valence-electron chi connectivity index (χ3n) is 7.92. The van der Waals surface area contributed by atoms with E-state index < -0.39 is 6.61 Å². The fourth-order valence-electron chi connectivity index (χ4n) is 5.89. The van der Waals surface area contributed by atoms with Crippen LogP contribution in [0.5, 0.6) is 5.75 Å². The minimum atomic E-state index is -2.88. The summed E-state index contributed by atoms with van der Waals surface area (Å²) in [5.41, 5.74) is 4.09. The number of fused-ring (bicyclic) bond motifs is 1. The Morgan fingerprint density at radius 2 is 1.81 bits per heavy atom. The van der Waals surface area contributed by atoms with E-state index in [1.807, 2.05) is 34.9 Å². The van der Waals surface area contributed by atoms with Crippen LogP contribution in [0.15, 0.2) is 72.9 Å². The van der Waals surface area contributed by atoms with Gasteiger partial charge in [-0.3, -0.25) is 4.79 Å². The number of amides is 1. The van der Waals surface area contributed by atoms with Crippen molar-refractivity contribution < 1.29 is 22.7 Å². The molecule has 7 heteroatoms. The average Bonchev–Trinajstić information content (AvgIpc) is 3.25. The van der Waals surface area contributed by atoms with Gasteiger partial charge in [-0.15, -0.1) is 0 Å². The van der Waals surface area contributed by atoms with Crippen molar-refractivity contribution in [1.82, 2.24) is 9.88 Å². The van der Waals surface area contributed by atoms with Gasteiger partial charge >= 0.3 is 6.61 Å². The fraction of sp³-hybridized carbons (Fsp3) is 0.300. The fourth-order valence-corrected chi connectivity index (χ4v) is 5.89. The molecule has 6 rings (SSSR count). The van der Waals surface area contributed by atoms with Crippen LogP contribution in [-0.4, -0.2) is 23.1 Å². The Morgan fingerprint density at radius 1 is 1.03 bits per heavy atom. The summed E-state index contributed by atoms with van der Waals surface area (Å²) in [5.74, 6) is -0.415. The summed E-state index contributed by atoms with van der Waals surface area (Å²) in [6, 6.07) is 19.1. The Labute approximate surface area is 213 Å². The van der Waals surface area contributed by atoms with Crippen LogP contribution in [0, 0.1) is 11.2 Å². The van der Waals surface area contributed by atoms with Crippen LogP contribution in [0.4, 0.5) is 13.2 Å². The van der Waals surface area contributed by atoms with E-state index in [1.54, 1.807) is 30.5 Å². The number of carbonyl (C=O) groups is 1. The normalized spacial score (nSPS) is 16.5. The summed E-state index contributed by atoms with van der Waals surface area (Å²) < 4.78 is 46.1. The molecular formula is C30H27F3N2O2. The van der Waals surface area contributed by atoms with E-state index in [1.165, 1.54) is 31.4 Å². The number of nitrogens with zero attached hydrogens (tertiary/aromatic N) is 1. The molecule has 0 bridgehead atoms. The predicted octanol–water partition coefficient (Wildman–Crippen LogP) is 7.16. The first kappa shape index (κ1) is 23.6. The molecule has 0 radical (unpaired) electrons. The third-order valence-corrected chi connectivity index (χ3v) is 7.92. The summed E-state index contributed by atoms with van der Waals surface area (Å²) in [7, 11) is 0. The van der Waals surface area contributed by atoms with E-state index in [9.17, 15) is 18.0 Å². The molecule has 1 amide bonds. The van der Waals surface area contributed by atoms with Crippen LogP contribution in [0.3, 0.4) is 0 Å². The summed E-state index contributed by atoms with van der Waals surface area (Å²) in [6.45, 7) is -2.42. The van der Waals surface area contributed by atoms with Gasteiger partial charge in [-0.25, -0.2) is 4.39 Å². The molecule has 1 aromatic heterocycles. The number of rotatable bonds is 7. The maximum Gasteiger partial charge on any atom is 0.387 e. The molecule has 190 valence electrons. The minimum absolute atomic E-state index is 0.105. The monoisotopic (exact) mass is 504 g/mol. The van der Waals surface area contributed by atoms with Crippen molar-refractivity contribution >= 4 is 16.8 Å². The van der Waals surface area contributed by atoms with Crippen molar-refractivity contribution in [2.45, 2.75) is 51.3 Å². The van der Waals surface area contributed by atoms with Crippen molar-refractivity contribution in [2.75, 3.05) is 0 Å². The SMILES string of the molecule is O=C(NC1CC2(CCC2)C1)c1ccc(F)c2ccn(Cc3ccc(-c4cccc(OC(F)F)c4)cc3)c12. The summed E-state index contributed by atoms with van der Waals surface area (Å²) >= 11 is 0. The van der Waals surface area contributed by atoms with Crippen LogP contribution in [0.1, 0.15) is 48.0 Å². The van der Waals surface area contributed by atoms with Crippen molar-refractivity contribution in [2.24, 2.45) is 5.41 Å². The molecule has 1 heterocycles. The molecule has 37 heavy (non-hydrogen) atoms. The van der Waals surface area contributed by atoms with Gasteiger partial charge < -0.3 is 14.6 Å². The minimum Gasteiger partial charge on any atom is -0.435 e. The molecule has 1 spiro atoms. The van der Waals surface area contributed by atoms with Gasteiger partial charge in [-0.1, -0.05) is 42.8 Å². The van der Waals surface area contributed by atoms with E-state index in [0.29, 0.717) is 28.4 Å². The van der Waals surface area contributed by atoms with Crippen LogP contribution < -0.4 is 10.1 Å². The predicted molar refractivity (Wildman–Crippen MR) is 136 cm³/mol. The highest BCUT2D eigenvalue weighted by Crippen LogP contribution is 2.55. The Balaban J connectivity index is 1.22. The Bertz CT molecular complexity index is 1450. The zero-order valence-electron chi connectivity index (χ0n) is 20.2. The Hall–Kier alpha value is -3.74. The number of hydrogen-bond donors (Lipinski definition) is 1. The standard InChI is InChI=1S/C30H27F3N2O2/c31-26-10-9-25(28(36)34-22-16-30(17-22)12-2-13-30)27-24(26)11-14-35(27)18-19-5-7-20(8-6-19)21-3-1-4-23(15-21)37-29(32)33/h1,3-11,14-15,22,29H,2,12-13,16-18H2,(H,34,36). The molecule has 2 aliphatic carbocycles. The average molecular weight is 505 g/mol. The molecule has 0 atom stereocenters. The molecule has 0 aliphatic heterocycles. The second-order valence-corrected chi connectivity index (χ2v) is 10.3. The van der Waals surface area contributed by atoms with Crippen molar-refractivity contribution in [3.63, 3.8) is 0 Å². The van der Waals surface area contributed by atoms with Gasteiger partial charge in [0.1, 0.15) is 11.6 Å². The topological polar surface area (TPSA) is 43.3 Å². The van der Waals surface area contributed by atoms with Crippen LogP contribution in [0.25, 0.3) is 22.0 Å². The first-order valence-electron chi connectivity index (χ1n) is 12.6. The summed E-state index contributed by atoms with van der Waals surface area (Å²) in [6.07, 6.45) is 7.68. The maximum absolute atomic E-state index is 14.6. The maximum atomic E-state index is 14.6. The zero-order chi connectivity index (χ0) is 25.6. The van der Waals surface area contributed by atoms with E-state index >= 15 is 0 Å². The van der Waals surface area contributed by atoms with Gasteiger partial charge in [0.15, 0.2) is 0 Å². The lowest BCUT2D eigenvalue weighted by Crippen LogP contribution is -2.53. The molecule has 0 unspecified atom stereocenters. The number of hydrogen-bond acceptors (Lipinski definition) is 2. The second-order valence-electron chi connectivity index (χ2n) is 10.3. The van der Waals surface area contributed by atoms with Crippen molar-refractivity contribution in [3.8, 4) is 16.9 Å². The van der Waals surface area contributed by atoms with E-state index in [4.69, 9.17) is 0 Å². The number of benzene rings is 3. The molecule has 2 fully saturated rings. The number of halogens is 3. The quantitative estimate of drug-likeness (QED) is 0.290. The van der Waals surface area contributed by atoms with Gasteiger partial charge in [0.05, 0.1) is 11.1 Å². The summed E-state index contributed by atoms with van der Waals surface area (Å²) in [4.78, 5) is 13.2. The van der Waals surface area contributed by atoms with Crippen molar-refractivity contribution in [1.29, 1.82) is 0 Å². The first-order chi connectivity index (χ1) is 17.9. The number of aromatic nitrogens is 1. The number of carbonyl (C=O) groups excluding carboxylic acids is 1. The number of ether oxygens (including phenoxy) is 1.